The zero-order valence-corrected chi connectivity index (χ0v) is 14.1. The summed E-state index contributed by atoms with van der Waals surface area (Å²) in [6.07, 6.45) is 3.09. The van der Waals surface area contributed by atoms with Gasteiger partial charge in [-0.1, -0.05) is 6.07 Å². The Labute approximate surface area is 135 Å². The number of benzene rings is 1. The average molecular weight is 318 g/mol. The Bertz CT molecular complexity index is 662. The van der Waals surface area contributed by atoms with Crippen LogP contribution in [0.3, 0.4) is 0 Å². The Morgan fingerprint density at radius 1 is 1.36 bits per heavy atom. The van der Waals surface area contributed by atoms with Crippen LogP contribution in [-0.2, 0) is 9.47 Å². The second kappa shape index (κ2) is 6.86. The van der Waals surface area contributed by atoms with Crippen molar-refractivity contribution >= 4 is 28.5 Å². The lowest BCUT2D eigenvalue weighted by molar-refractivity contribution is -0.0367. The molecule has 0 saturated carbocycles. The zero-order valence-electron chi connectivity index (χ0n) is 13.3. The van der Waals surface area contributed by atoms with Gasteiger partial charge >= 0.3 is 0 Å². The summed E-state index contributed by atoms with van der Waals surface area (Å²) >= 11 is 1.74. The second-order valence-corrected chi connectivity index (χ2v) is 6.48. The lowest BCUT2D eigenvalue weighted by atomic mass is 10.1. The molecule has 2 atom stereocenters. The number of aryl methyl sites for hydroxylation is 1. The summed E-state index contributed by atoms with van der Waals surface area (Å²) in [5.74, 6) is 0.914. The Morgan fingerprint density at radius 3 is 3.00 bits per heavy atom. The van der Waals surface area contributed by atoms with Crippen molar-refractivity contribution < 1.29 is 9.47 Å². The standard InChI is InChI=1S/C17H22N2O2S/c1-11-8-17(18-14-6-7-21-10-16(14)20-2)19-15-9-12(22-3)4-5-13(11)15/h4-5,8-9,14,16H,6-7,10H2,1-3H3,(H,18,19)/t14-,16-/m0/s1. The van der Waals surface area contributed by atoms with Gasteiger partial charge in [0.25, 0.3) is 0 Å². The first kappa shape index (κ1) is 15.6. The molecule has 3 rings (SSSR count). The van der Waals surface area contributed by atoms with Crippen LogP contribution in [0.2, 0.25) is 0 Å². The monoisotopic (exact) mass is 318 g/mol. The van der Waals surface area contributed by atoms with Crippen molar-refractivity contribution in [3.63, 3.8) is 0 Å². The molecular weight excluding hydrogens is 296 g/mol. The number of thioether (sulfide) groups is 1. The topological polar surface area (TPSA) is 43.4 Å². The zero-order chi connectivity index (χ0) is 15.5. The Balaban J connectivity index is 1.90. The highest BCUT2D eigenvalue weighted by Gasteiger charge is 2.25. The van der Waals surface area contributed by atoms with Gasteiger partial charge in [-0.3, -0.25) is 0 Å². The Morgan fingerprint density at radius 2 is 2.23 bits per heavy atom. The SMILES string of the molecule is CO[C@H]1COCC[C@@H]1Nc1cc(C)c2ccc(SC)cc2n1. The number of aromatic nitrogens is 1. The molecule has 0 unspecified atom stereocenters. The summed E-state index contributed by atoms with van der Waals surface area (Å²) in [6.45, 7) is 3.53. The molecule has 118 valence electrons. The van der Waals surface area contributed by atoms with E-state index in [9.17, 15) is 0 Å². The number of hydrogen-bond donors (Lipinski definition) is 1. The van der Waals surface area contributed by atoms with Crippen LogP contribution in [0.4, 0.5) is 5.82 Å². The Kier molecular flexibility index (Phi) is 4.86. The van der Waals surface area contributed by atoms with Crippen LogP contribution in [-0.4, -0.2) is 43.7 Å². The summed E-state index contributed by atoms with van der Waals surface area (Å²) in [7, 11) is 1.73. The molecular formula is C17H22N2O2S. The highest BCUT2D eigenvalue weighted by Crippen LogP contribution is 2.26. The number of methoxy groups -OCH3 is 1. The first-order valence-electron chi connectivity index (χ1n) is 7.53. The number of anilines is 1. The molecule has 1 aromatic heterocycles. The molecule has 0 amide bonds. The van der Waals surface area contributed by atoms with E-state index in [1.165, 1.54) is 15.8 Å². The number of pyridine rings is 1. The van der Waals surface area contributed by atoms with Crippen molar-refractivity contribution in [3.8, 4) is 0 Å². The molecule has 2 aromatic rings. The summed E-state index contributed by atoms with van der Waals surface area (Å²) in [5.41, 5.74) is 2.27. The molecule has 1 N–H and O–H groups in total. The van der Waals surface area contributed by atoms with E-state index in [1.807, 2.05) is 0 Å². The quantitative estimate of drug-likeness (QED) is 0.874. The van der Waals surface area contributed by atoms with E-state index in [2.05, 4.69) is 42.8 Å². The van der Waals surface area contributed by atoms with E-state index in [4.69, 9.17) is 14.5 Å². The van der Waals surface area contributed by atoms with E-state index in [-0.39, 0.29) is 12.1 Å². The molecule has 0 bridgehead atoms. The maximum absolute atomic E-state index is 5.51. The van der Waals surface area contributed by atoms with Gasteiger partial charge in [0, 0.05) is 24.0 Å². The van der Waals surface area contributed by atoms with Gasteiger partial charge in [0.05, 0.1) is 18.2 Å². The molecule has 22 heavy (non-hydrogen) atoms. The van der Waals surface area contributed by atoms with Crippen molar-refractivity contribution in [2.24, 2.45) is 0 Å². The predicted molar refractivity (Wildman–Crippen MR) is 91.9 cm³/mol. The fourth-order valence-electron chi connectivity index (χ4n) is 2.88. The molecule has 0 radical (unpaired) electrons. The summed E-state index contributed by atoms with van der Waals surface area (Å²) in [5, 5.41) is 4.74. The third kappa shape index (κ3) is 3.21. The van der Waals surface area contributed by atoms with Crippen LogP contribution in [0, 0.1) is 6.92 Å². The van der Waals surface area contributed by atoms with Crippen LogP contribution < -0.4 is 5.32 Å². The van der Waals surface area contributed by atoms with Crippen LogP contribution in [0.1, 0.15) is 12.0 Å². The molecule has 1 fully saturated rings. The molecule has 0 aliphatic carbocycles. The number of rotatable bonds is 4. The summed E-state index contributed by atoms with van der Waals surface area (Å²) < 4.78 is 11.0. The van der Waals surface area contributed by atoms with Gasteiger partial charge < -0.3 is 14.8 Å². The van der Waals surface area contributed by atoms with Crippen molar-refractivity contribution in [1.29, 1.82) is 0 Å². The lowest BCUT2D eigenvalue weighted by Gasteiger charge is -2.31. The normalized spacial score (nSPS) is 22.0. The molecule has 1 aromatic carbocycles. The molecule has 1 aliphatic rings. The average Bonchev–Trinajstić information content (AvgIpc) is 2.54. The molecule has 1 saturated heterocycles. The molecule has 2 heterocycles. The van der Waals surface area contributed by atoms with Gasteiger partial charge in [-0.25, -0.2) is 4.98 Å². The summed E-state index contributed by atoms with van der Waals surface area (Å²) in [6, 6.07) is 8.81. The number of hydrogen-bond acceptors (Lipinski definition) is 5. The predicted octanol–water partition coefficient (Wildman–Crippen LogP) is 3.48. The Hall–Kier alpha value is -1.30. The second-order valence-electron chi connectivity index (χ2n) is 5.60. The first-order chi connectivity index (χ1) is 10.7. The number of nitrogens with one attached hydrogen (secondary N) is 1. The van der Waals surface area contributed by atoms with Crippen molar-refractivity contribution in [3.05, 3.63) is 29.8 Å². The third-order valence-corrected chi connectivity index (χ3v) is 4.89. The van der Waals surface area contributed by atoms with E-state index in [0.717, 1.165) is 24.4 Å². The van der Waals surface area contributed by atoms with Crippen molar-refractivity contribution in [2.45, 2.75) is 30.4 Å². The van der Waals surface area contributed by atoms with Crippen LogP contribution in [0.25, 0.3) is 10.9 Å². The minimum absolute atomic E-state index is 0.0732. The highest BCUT2D eigenvalue weighted by atomic mass is 32.2. The smallest absolute Gasteiger partial charge is 0.127 e. The molecule has 1 aliphatic heterocycles. The van der Waals surface area contributed by atoms with E-state index >= 15 is 0 Å². The number of nitrogens with zero attached hydrogens (tertiary/aromatic N) is 1. The van der Waals surface area contributed by atoms with Gasteiger partial charge in [0.15, 0.2) is 0 Å². The van der Waals surface area contributed by atoms with E-state index < -0.39 is 0 Å². The minimum Gasteiger partial charge on any atom is -0.379 e. The van der Waals surface area contributed by atoms with Crippen LogP contribution in [0.5, 0.6) is 0 Å². The van der Waals surface area contributed by atoms with Gasteiger partial charge in [0.2, 0.25) is 0 Å². The van der Waals surface area contributed by atoms with Crippen LogP contribution >= 0.6 is 11.8 Å². The third-order valence-electron chi connectivity index (χ3n) is 4.16. The van der Waals surface area contributed by atoms with Gasteiger partial charge in [-0.15, -0.1) is 11.8 Å². The first-order valence-corrected chi connectivity index (χ1v) is 8.76. The van der Waals surface area contributed by atoms with Crippen molar-refractivity contribution in [1.82, 2.24) is 4.98 Å². The number of fused-ring (bicyclic) bond motifs is 1. The van der Waals surface area contributed by atoms with E-state index in [1.54, 1.807) is 18.9 Å². The fourth-order valence-corrected chi connectivity index (χ4v) is 3.32. The van der Waals surface area contributed by atoms with Gasteiger partial charge in [-0.2, -0.15) is 0 Å². The lowest BCUT2D eigenvalue weighted by Crippen LogP contribution is -2.43. The van der Waals surface area contributed by atoms with Crippen LogP contribution in [0.15, 0.2) is 29.2 Å². The fraction of sp³-hybridized carbons (Fsp3) is 0.471. The highest BCUT2D eigenvalue weighted by molar-refractivity contribution is 7.98. The maximum Gasteiger partial charge on any atom is 0.127 e. The van der Waals surface area contributed by atoms with E-state index in [0.29, 0.717) is 6.61 Å². The maximum atomic E-state index is 5.51. The minimum atomic E-state index is 0.0732. The number of ether oxygens (including phenoxy) is 2. The van der Waals surface area contributed by atoms with Gasteiger partial charge in [0.1, 0.15) is 11.9 Å². The largest absolute Gasteiger partial charge is 0.379 e. The molecule has 0 spiro atoms. The summed E-state index contributed by atoms with van der Waals surface area (Å²) in [4.78, 5) is 6.02. The van der Waals surface area contributed by atoms with Gasteiger partial charge in [-0.05, 0) is 43.4 Å². The molecule has 4 nitrogen and oxygen atoms in total. The van der Waals surface area contributed by atoms with Crippen molar-refractivity contribution in [2.75, 3.05) is 31.9 Å². The molecule has 5 heteroatoms.